The molecule has 0 saturated carbocycles. The molecule has 0 spiro atoms. The summed E-state index contributed by atoms with van der Waals surface area (Å²) < 4.78 is 11.0. The summed E-state index contributed by atoms with van der Waals surface area (Å²) in [5.74, 6) is 0.338. The van der Waals surface area contributed by atoms with Crippen molar-refractivity contribution in [3.8, 4) is 5.75 Å². The van der Waals surface area contributed by atoms with Gasteiger partial charge in [-0.2, -0.15) is 0 Å². The Bertz CT molecular complexity index is 495. The van der Waals surface area contributed by atoms with Gasteiger partial charge in [-0.25, -0.2) is 0 Å². The average Bonchev–Trinajstić information content (AvgIpc) is 2.42. The summed E-state index contributed by atoms with van der Waals surface area (Å²) in [6.45, 7) is 4.96. The molecule has 20 heavy (non-hydrogen) atoms. The first-order valence-corrected chi connectivity index (χ1v) is 7.22. The molecule has 0 N–H and O–H groups in total. The number of amides is 1. The molecule has 0 radical (unpaired) electrons. The molecule has 1 aromatic carbocycles. The molecule has 4 nitrogen and oxygen atoms in total. The second-order valence-electron chi connectivity index (χ2n) is 4.90. The maximum atomic E-state index is 12.2. The molecule has 0 aromatic heterocycles. The van der Waals surface area contributed by atoms with Gasteiger partial charge in [0.2, 0.25) is 0 Å². The van der Waals surface area contributed by atoms with Gasteiger partial charge in [-0.05, 0) is 26.0 Å². The van der Waals surface area contributed by atoms with Crippen LogP contribution in [-0.2, 0) is 9.53 Å². The molecule has 110 valence electrons. The van der Waals surface area contributed by atoms with Gasteiger partial charge in [0.15, 0.2) is 6.61 Å². The topological polar surface area (TPSA) is 38.8 Å². The van der Waals surface area contributed by atoms with Crippen LogP contribution in [0.25, 0.3) is 0 Å². The van der Waals surface area contributed by atoms with Gasteiger partial charge in [0.05, 0.1) is 23.8 Å². The van der Waals surface area contributed by atoms with E-state index >= 15 is 0 Å². The fraction of sp³-hybridized carbons (Fsp3) is 0.500. The first-order valence-electron chi connectivity index (χ1n) is 6.46. The van der Waals surface area contributed by atoms with E-state index in [2.05, 4.69) is 0 Å². The van der Waals surface area contributed by atoms with E-state index in [1.807, 2.05) is 13.8 Å². The molecular formula is C14H17Cl2NO3. The van der Waals surface area contributed by atoms with Crippen molar-refractivity contribution in [1.82, 2.24) is 4.90 Å². The minimum absolute atomic E-state index is 0.0462. The highest BCUT2D eigenvalue weighted by atomic mass is 35.5. The van der Waals surface area contributed by atoms with Gasteiger partial charge in [-0.3, -0.25) is 4.79 Å². The van der Waals surface area contributed by atoms with Gasteiger partial charge >= 0.3 is 0 Å². The molecule has 2 unspecified atom stereocenters. The molecule has 2 rings (SSSR count). The highest BCUT2D eigenvalue weighted by Gasteiger charge is 2.27. The lowest BCUT2D eigenvalue weighted by atomic mass is 10.2. The highest BCUT2D eigenvalue weighted by molar-refractivity contribution is 6.34. The van der Waals surface area contributed by atoms with Gasteiger partial charge in [0, 0.05) is 17.6 Å². The van der Waals surface area contributed by atoms with Crippen molar-refractivity contribution < 1.29 is 14.3 Å². The number of carbonyl (C=O) groups is 1. The Morgan fingerprint density at radius 3 is 2.95 bits per heavy atom. The molecule has 0 bridgehead atoms. The van der Waals surface area contributed by atoms with E-state index in [0.29, 0.717) is 28.9 Å². The van der Waals surface area contributed by atoms with Crippen molar-refractivity contribution in [2.45, 2.75) is 26.0 Å². The Labute approximate surface area is 128 Å². The van der Waals surface area contributed by atoms with Crippen LogP contribution in [0.2, 0.25) is 10.0 Å². The van der Waals surface area contributed by atoms with Gasteiger partial charge in [-0.15, -0.1) is 0 Å². The number of rotatable bonds is 3. The molecule has 1 amide bonds. The van der Waals surface area contributed by atoms with E-state index in [9.17, 15) is 4.79 Å². The third kappa shape index (κ3) is 3.78. The molecule has 2 atom stereocenters. The number of morpholine rings is 1. The summed E-state index contributed by atoms with van der Waals surface area (Å²) in [6.07, 6.45) is 0.0462. The second-order valence-corrected chi connectivity index (χ2v) is 5.75. The fourth-order valence-corrected chi connectivity index (χ4v) is 2.40. The van der Waals surface area contributed by atoms with Gasteiger partial charge in [0.25, 0.3) is 5.91 Å². The summed E-state index contributed by atoms with van der Waals surface area (Å²) in [6, 6.07) is 4.97. The van der Waals surface area contributed by atoms with Crippen molar-refractivity contribution in [1.29, 1.82) is 0 Å². The number of carbonyl (C=O) groups excluding carboxylic acids is 1. The molecule has 6 heteroatoms. The predicted octanol–water partition coefficient (Wildman–Crippen LogP) is 3.01. The first kappa shape index (κ1) is 15.4. The molecule has 1 aromatic rings. The summed E-state index contributed by atoms with van der Waals surface area (Å²) in [4.78, 5) is 14.0. The van der Waals surface area contributed by atoms with Gasteiger partial charge < -0.3 is 14.4 Å². The number of benzene rings is 1. The largest absolute Gasteiger partial charge is 0.482 e. The molecule has 1 aliphatic rings. The van der Waals surface area contributed by atoms with Gasteiger partial charge in [0.1, 0.15) is 5.75 Å². The van der Waals surface area contributed by atoms with E-state index in [0.717, 1.165) is 0 Å². The number of halogens is 2. The zero-order chi connectivity index (χ0) is 14.7. The number of hydrogen-bond acceptors (Lipinski definition) is 3. The quantitative estimate of drug-likeness (QED) is 0.860. The molecule has 1 heterocycles. The normalized spacial score (nSPS) is 22.7. The number of nitrogens with zero attached hydrogens (tertiary/aromatic N) is 1. The molecular weight excluding hydrogens is 301 g/mol. The SMILES string of the molecule is CC1CN(C(=O)COc2cc(Cl)ccc2Cl)C(C)CO1. The van der Waals surface area contributed by atoms with Crippen LogP contribution >= 0.6 is 23.2 Å². The van der Waals surface area contributed by atoms with Gasteiger partial charge in [-0.1, -0.05) is 23.2 Å². The summed E-state index contributed by atoms with van der Waals surface area (Å²) in [5, 5.41) is 0.954. The smallest absolute Gasteiger partial charge is 0.260 e. The second kappa shape index (κ2) is 6.66. The third-order valence-electron chi connectivity index (χ3n) is 3.17. The van der Waals surface area contributed by atoms with Crippen LogP contribution < -0.4 is 4.74 Å². The average molecular weight is 318 g/mol. The molecule has 0 aliphatic carbocycles. The van der Waals surface area contributed by atoms with Crippen molar-refractivity contribution in [2.24, 2.45) is 0 Å². The van der Waals surface area contributed by atoms with Crippen molar-refractivity contribution in [3.63, 3.8) is 0 Å². The van der Waals surface area contributed by atoms with E-state index in [4.69, 9.17) is 32.7 Å². The van der Waals surface area contributed by atoms with Crippen LogP contribution in [0.5, 0.6) is 5.75 Å². The summed E-state index contributed by atoms with van der Waals surface area (Å²) in [7, 11) is 0. The zero-order valence-corrected chi connectivity index (χ0v) is 12.9. The number of ether oxygens (including phenoxy) is 2. The Morgan fingerprint density at radius 2 is 2.20 bits per heavy atom. The predicted molar refractivity (Wildman–Crippen MR) is 78.5 cm³/mol. The van der Waals surface area contributed by atoms with Crippen LogP contribution in [0, 0.1) is 0 Å². The maximum Gasteiger partial charge on any atom is 0.260 e. The Hall–Kier alpha value is -0.970. The third-order valence-corrected chi connectivity index (χ3v) is 3.72. The first-order chi connectivity index (χ1) is 9.47. The lowest BCUT2D eigenvalue weighted by Gasteiger charge is -2.36. The summed E-state index contributed by atoms with van der Waals surface area (Å²) in [5.41, 5.74) is 0. The van der Waals surface area contributed by atoms with Crippen molar-refractivity contribution in [3.05, 3.63) is 28.2 Å². The van der Waals surface area contributed by atoms with E-state index in [1.54, 1.807) is 23.1 Å². The minimum Gasteiger partial charge on any atom is -0.482 e. The minimum atomic E-state index is -0.0799. The van der Waals surface area contributed by atoms with Crippen LogP contribution in [0.15, 0.2) is 18.2 Å². The lowest BCUT2D eigenvalue weighted by molar-refractivity contribution is -0.145. The van der Waals surface area contributed by atoms with E-state index in [-0.39, 0.29) is 24.7 Å². The monoisotopic (exact) mass is 317 g/mol. The highest BCUT2D eigenvalue weighted by Crippen LogP contribution is 2.27. The van der Waals surface area contributed by atoms with Crippen LogP contribution in [-0.4, -0.2) is 42.7 Å². The fourth-order valence-electron chi connectivity index (χ4n) is 2.06. The van der Waals surface area contributed by atoms with E-state index < -0.39 is 0 Å². The molecule has 1 aliphatic heterocycles. The standard InChI is InChI=1S/C14H17Cl2NO3/c1-9-7-19-10(2)6-17(9)14(18)8-20-13-5-11(15)3-4-12(13)16/h3-5,9-10H,6-8H2,1-2H3. The Kier molecular flexibility index (Phi) is 5.13. The van der Waals surface area contributed by atoms with Crippen molar-refractivity contribution >= 4 is 29.1 Å². The Balaban J connectivity index is 1.96. The van der Waals surface area contributed by atoms with Crippen molar-refractivity contribution in [2.75, 3.05) is 19.8 Å². The maximum absolute atomic E-state index is 12.2. The molecule has 1 saturated heterocycles. The zero-order valence-electron chi connectivity index (χ0n) is 11.4. The van der Waals surface area contributed by atoms with Crippen LogP contribution in [0.3, 0.4) is 0 Å². The lowest BCUT2D eigenvalue weighted by Crippen LogP contribution is -2.51. The van der Waals surface area contributed by atoms with Crippen LogP contribution in [0.1, 0.15) is 13.8 Å². The van der Waals surface area contributed by atoms with E-state index in [1.165, 1.54) is 0 Å². The number of hydrogen-bond donors (Lipinski definition) is 0. The molecule has 1 fully saturated rings. The summed E-state index contributed by atoms with van der Waals surface area (Å²) >= 11 is 11.9. The Morgan fingerprint density at radius 1 is 1.45 bits per heavy atom. The van der Waals surface area contributed by atoms with Crippen LogP contribution in [0.4, 0.5) is 0 Å².